The Hall–Kier alpha value is -3.84. The van der Waals surface area contributed by atoms with Crippen LogP contribution in [0, 0.1) is 18.6 Å². The van der Waals surface area contributed by atoms with Crippen molar-refractivity contribution in [3.8, 4) is 5.75 Å². The lowest BCUT2D eigenvalue weighted by atomic mass is 10.2. The van der Waals surface area contributed by atoms with Gasteiger partial charge in [-0.15, -0.1) is 0 Å². The van der Waals surface area contributed by atoms with Crippen LogP contribution in [0.25, 0.3) is 5.65 Å². The van der Waals surface area contributed by atoms with E-state index in [-0.39, 0.29) is 35.1 Å². The van der Waals surface area contributed by atoms with Crippen molar-refractivity contribution in [2.24, 2.45) is 0 Å². The van der Waals surface area contributed by atoms with Crippen molar-refractivity contribution >= 4 is 27.1 Å². The Balaban J connectivity index is 1.26. The molecule has 4 aromatic rings. The molecule has 5 rings (SSSR count). The van der Waals surface area contributed by atoms with Gasteiger partial charge in [-0.1, -0.05) is 6.07 Å². The number of aromatic nitrogens is 4. The molecular weight excluding hydrogens is 518 g/mol. The van der Waals surface area contributed by atoms with E-state index in [1.54, 1.807) is 40.5 Å². The molecule has 0 unspecified atom stereocenters. The van der Waals surface area contributed by atoms with E-state index in [0.717, 1.165) is 12.1 Å². The van der Waals surface area contributed by atoms with Crippen molar-refractivity contribution in [1.82, 2.24) is 24.1 Å². The summed E-state index contributed by atoms with van der Waals surface area (Å²) in [6, 6.07) is 6.87. The van der Waals surface area contributed by atoms with Crippen LogP contribution in [0.3, 0.4) is 0 Å². The molecule has 1 amide bonds. The molecule has 1 aromatic carbocycles. The number of hydrogen-bond acceptors (Lipinski definition) is 7. The van der Waals surface area contributed by atoms with E-state index in [0.29, 0.717) is 43.2 Å². The third-order valence-corrected chi connectivity index (χ3v) is 8.02. The van der Waals surface area contributed by atoms with Crippen LogP contribution in [-0.4, -0.2) is 69.5 Å². The number of carbonyl (C=O) groups excluding carboxylic acids is 1. The summed E-state index contributed by atoms with van der Waals surface area (Å²) in [5.74, 6) is -1.22. The van der Waals surface area contributed by atoms with Gasteiger partial charge in [0.2, 0.25) is 0 Å². The molecule has 3 aromatic heterocycles. The molecule has 1 aliphatic heterocycles. The van der Waals surface area contributed by atoms with Gasteiger partial charge in [-0.2, -0.15) is 5.10 Å². The lowest BCUT2D eigenvalue weighted by molar-refractivity contribution is 0.102. The van der Waals surface area contributed by atoms with Crippen molar-refractivity contribution < 1.29 is 26.7 Å². The van der Waals surface area contributed by atoms with Gasteiger partial charge in [0.15, 0.2) is 21.2 Å². The molecule has 200 valence electrons. The number of ether oxygens (including phenoxy) is 1. The first-order valence-electron chi connectivity index (χ1n) is 12.0. The summed E-state index contributed by atoms with van der Waals surface area (Å²) >= 11 is 0. The molecule has 0 spiro atoms. The second-order valence-corrected chi connectivity index (χ2v) is 11.3. The van der Waals surface area contributed by atoms with E-state index in [9.17, 15) is 22.0 Å². The van der Waals surface area contributed by atoms with Crippen LogP contribution < -0.4 is 10.1 Å². The largest absolute Gasteiger partial charge is 0.485 e. The fourth-order valence-electron chi connectivity index (χ4n) is 4.32. The first-order chi connectivity index (χ1) is 18.2. The van der Waals surface area contributed by atoms with Gasteiger partial charge in [0.25, 0.3) is 5.91 Å². The van der Waals surface area contributed by atoms with E-state index in [4.69, 9.17) is 4.74 Å². The number of carbonyl (C=O) groups is 1. The van der Waals surface area contributed by atoms with Crippen LogP contribution in [0.5, 0.6) is 5.75 Å². The molecule has 0 bridgehead atoms. The number of nitrogens with zero attached hydrogens (tertiary/aromatic N) is 5. The van der Waals surface area contributed by atoms with Gasteiger partial charge in [-0.25, -0.2) is 22.2 Å². The fraction of sp³-hybridized carbons (Fsp3) is 0.320. The molecule has 0 aliphatic carbocycles. The smallest absolute Gasteiger partial charge is 0.274 e. The highest BCUT2D eigenvalue weighted by Gasteiger charge is 2.22. The Bertz CT molecular complexity index is 1570. The second kappa shape index (κ2) is 10.5. The van der Waals surface area contributed by atoms with Crippen molar-refractivity contribution in [3.05, 3.63) is 77.5 Å². The van der Waals surface area contributed by atoms with Gasteiger partial charge in [0, 0.05) is 32.0 Å². The first-order valence-corrected chi connectivity index (χ1v) is 13.8. The number of pyridine rings is 1. The predicted molar refractivity (Wildman–Crippen MR) is 136 cm³/mol. The van der Waals surface area contributed by atoms with Crippen LogP contribution in [0.4, 0.5) is 14.5 Å². The minimum atomic E-state index is -2.93. The van der Waals surface area contributed by atoms with Gasteiger partial charge < -0.3 is 10.1 Å². The molecule has 0 atom stereocenters. The summed E-state index contributed by atoms with van der Waals surface area (Å²) in [5.41, 5.74) is 1.37. The Morgan fingerprint density at radius 1 is 1.11 bits per heavy atom. The van der Waals surface area contributed by atoms with Crippen molar-refractivity contribution in [3.63, 3.8) is 0 Å². The van der Waals surface area contributed by atoms with E-state index in [2.05, 4.69) is 20.3 Å². The molecule has 1 fully saturated rings. The third-order valence-electron chi connectivity index (χ3n) is 6.41. The van der Waals surface area contributed by atoms with E-state index in [1.165, 1.54) is 12.3 Å². The minimum absolute atomic E-state index is 0.166. The molecule has 1 N–H and O–H groups in total. The zero-order valence-electron chi connectivity index (χ0n) is 20.6. The number of rotatable bonds is 8. The summed E-state index contributed by atoms with van der Waals surface area (Å²) in [6.07, 6.45) is 4.90. The number of fused-ring (bicyclic) bond motifs is 1. The Kier molecular flexibility index (Phi) is 7.13. The van der Waals surface area contributed by atoms with Crippen LogP contribution in [0.15, 0.2) is 48.9 Å². The number of benzene rings is 1. The van der Waals surface area contributed by atoms with E-state index < -0.39 is 27.4 Å². The average molecular weight is 545 g/mol. The van der Waals surface area contributed by atoms with E-state index >= 15 is 0 Å². The Morgan fingerprint density at radius 2 is 1.84 bits per heavy atom. The maximum absolute atomic E-state index is 14.0. The lowest BCUT2D eigenvalue weighted by Gasteiger charge is -2.26. The number of sulfone groups is 1. The summed E-state index contributed by atoms with van der Waals surface area (Å²) in [6.45, 7) is 3.55. The second-order valence-electron chi connectivity index (χ2n) is 9.04. The SMILES string of the molecule is Cc1nc2c(OCc3c(F)cccc3F)cccn2c1C(=O)Nc1cnn(CCN2CCS(=O)(=O)CC2)c1. The van der Waals surface area contributed by atoms with Crippen molar-refractivity contribution in [2.45, 2.75) is 20.1 Å². The number of halogens is 2. The van der Waals surface area contributed by atoms with E-state index in [1.807, 2.05) is 0 Å². The summed E-state index contributed by atoms with van der Waals surface area (Å²) in [4.78, 5) is 19.7. The summed E-state index contributed by atoms with van der Waals surface area (Å²) < 4.78 is 60.1. The van der Waals surface area contributed by atoms with Gasteiger partial charge in [-0.05, 0) is 31.2 Å². The molecule has 13 heteroatoms. The molecule has 0 saturated carbocycles. The van der Waals surface area contributed by atoms with Gasteiger partial charge >= 0.3 is 0 Å². The molecule has 0 radical (unpaired) electrons. The average Bonchev–Trinajstić information content (AvgIpc) is 3.46. The Labute approximate surface area is 217 Å². The normalized spacial score (nSPS) is 15.6. The van der Waals surface area contributed by atoms with Crippen LogP contribution >= 0.6 is 0 Å². The highest BCUT2D eigenvalue weighted by Crippen LogP contribution is 2.25. The summed E-state index contributed by atoms with van der Waals surface area (Å²) in [7, 11) is -2.93. The van der Waals surface area contributed by atoms with Crippen molar-refractivity contribution in [2.75, 3.05) is 36.5 Å². The minimum Gasteiger partial charge on any atom is -0.485 e. The monoisotopic (exact) mass is 544 g/mol. The number of hydrogen-bond donors (Lipinski definition) is 1. The molecule has 1 saturated heterocycles. The summed E-state index contributed by atoms with van der Waals surface area (Å²) in [5, 5.41) is 7.11. The molecule has 38 heavy (non-hydrogen) atoms. The van der Waals surface area contributed by atoms with Crippen LogP contribution in [0.2, 0.25) is 0 Å². The Morgan fingerprint density at radius 3 is 2.58 bits per heavy atom. The zero-order chi connectivity index (χ0) is 26.9. The number of nitrogens with one attached hydrogen (secondary N) is 1. The zero-order valence-corrected chi connectivity index (χ0v) is 21.4. The standard InChI is InChI=1S/C25H26F2N6O4S/c1-17-23(25(34)30-18-14-28-32(15-18)9-8-31-10-12-38(35,36)13-11-31)33-7-3-6-22(24(33)29-17)37-16-19-20(26)4-2-5-21(19)27/h2-7,14-15H,8-13,16H2,1H3,(H,30,34). The highest BCUT2D eigenvalue weighted by molar-refractivity contribution is 7.91. The predicted octanol–water partition coefficient (Wildman–Crippen LogP) is 2.68. The third kappa shape index (κ3) is 5.53. The van der Waals surface area contributed by atoms with Gasteiger partial charge in [0.1, 0.15) is 23.9 Å². The maximum atomic E-state index is 14.0. The number of aryl methyl sites for hydroxylation is 1. The highest BCUT2D eigenvalue weighted by atomic mass is 32.2. The first kappa shape index (κ1) is 25.8. The molecule has 4 heterocycles. The molecule has 10 nitrogen and oxygen atoms in total. The molecule has 1 aliphatic rings. The fourth-order valence-corrected chi connectivity index (χ4v) is 5.60. The van der Waals surface area contributed by atoms with Gasteiger partial charge in [0.05, 0.1) is 41.2 Å². The number of anilines is 1. The van der Waals surface area contributed by atoms with Crippen LogP contribution in [0.1, 0.15) is 21.7 Å². The topological polar surface area (TPSA) is 111 Å². The quantitative estimate of drug-likeness (QED) is 0.363. The molecular formula is C25H26F2N6O4S. The number of imidazole rings is 1. The van der Waals surface area contributed by atoms with Crippen LogP contribution in [-0.2, 0) is 23.0 Å². The van der Waals surface area contributed by atoms with Gasteiger partial charge in [-0.3, -0.25) is 18.8 Å². The van der Waals surface area contributed by atoms with Crippen molar-refractivity contribution in [1.29, 1.82) is 0 Å². The maximum Gasteiger partial charge on any atom is 0.274 e. The number of amides is 1. The lowest BCUT2D eigenvalue weighted by Crippen LogP contribution is -2.41.